The molecule has 0 saturated carbocycles. The highest BCUT2D eigenvalue weighted by Crippen LogP contribution is 2.01. The van der Waals surface area contributed by atoms with Crippen LogP contribution in [0.25, 0.3) is 0 Å². The van der Waals surface area contributed by atoms with E-state index in [4.69, 9.17) is 11.6 Å². The summed E-state index contributed by atoms with van der Waals surface area (Å²) in [7, 11) is 0. The van der Waals surface area contributed by atoms with Crippen molar-refractivity contribution in [2.24, 2.45) is 0 Å². The number of carbonyl (C=O) groups is 1. The molecular weight excluding hydrogens is 160 g/mol. The fourth-order valence-electron chi connectivity index (χ4n) is 0.470. The van der Waals surface area contributed by atoms with Gasteiger partial charge in [-0.15, -0.1) is 0 Å². The van der Waals surface area contributed by atoms with Crippen LogP contribution in [0.15, 0.2) is 4.63 Å². The van der Waals surface area contributed by atoms with Crippen molar-refractivity contribution in [3.05, 3.63) is 16.6 Å². The second kappa shape index (κ2) is 2.26. The maximum Gasteiger partial charge on any atom is 0.302 e. The zero-order valence-corrected chi connectivity index (χ0v) is 5.75. The molecule has 0 aliphatic rings. The number of hydrogen-bond acceptors (Lipinski definition) is 4. The molecule has 0 aliphatic carbocycles. The summed E-state index contributed by atoms with van der Waals surface area (Å²) in [4.78, 5) is 10.5. The molecule has 54 valence electrons. The number of nitrogens with zero attached hydrogens (tertiary/aromatic N) is 2. The van der Waals surface area contributed by atoms with Crippen LogP contribution in [0.2, 0.25) is 0 Å². The maximum atomic E-state index is 10.4. The lowest BCUT2D eigenvalue weighted by molar-refractivity contribution is -0.806. The standard InChI is InChI=1S/C4H3ClN2O3/c1-2-3(4(5)8)6-10-7(2)9/h1H3. The third kappa shape index (κ3) is 0.950. The molecule has 0 bridgehead atoms. The fraction of sp³-hybridized carbons (Fsp3) is 0.250. The highest BCUT2D eigenvalue weighted by molar-refractivity contribution is 6.67. The molecule has 0 saturated heterocycles. The van der Waals surface area contributed by atoms with E-state index < -0.39 is 5.24 Å². The molecule has 0 amide bonds. The van der Waals surface area contributed by atoms with Crippen LogP contribution in [0.1, 0.15) is 16.2 Å². The first kappa shape index (κ1) is 7.01. The van der Waals surface area contributed by atoms with E-state index in [1.54, 1.807) is 0 Å². The maximum absolute atomic E-state index is 10.4. The zero-order valence-electron chi connectivity index (χ0n) is 5.00. The number of carbonyl (C=O) groups excluding carboxylic acids is 1. The number of rotatable bonds is 1. The Morgan fingerprint density at radius 2 is 2.50 bits per heavy atom. The number of hydrogen-bond donors (Lipinski definition) is 0. The van der Waals surface area contributed by atoms with Gasteiger partial charge in [0.25, 0.3) is 0 Å². The molecule has 10 heavy (non-hydrogen) atoms. The smallest absolute Gasteiger partial charge is 0.302 e. The number of aromatic nitrogens is 2. The van der Waals surface area contributed by atoms with Crippen molar-refractivity contribution in [3.63, 3.8) is 0 Å². The van der Waals surface area contributed by atoms with E-state index in [2.05, 4.69) is 9.79 Å². The second-order valence-electron chi connectivity index (χ2n) is 1.64. The Hall–Kier alpha value is -1.10. The van der Waals surface area contributed by atoms with Crippen molar-refractivity contribution in [3.8, 4) is 0 Å². The van der Waals surface area contributed by atoms with Gasteiger partial charge in [-0.05, 0) is 16.5 Å². The van der Waals surface area contributed by atoms with Crippen LogP contribution in [0.3, 0.4) is 0 Å². The summed E-state index contributed by atoms with van der Waals surface area (Å²) in [5, 5.41) is 12.7. The summed E-state index contributed by atoms with van der Waals surface area (Å²) in [6.45, 7) is 1.39. The Morgan fingerprint density at radius 1 is 1.90 bits per heavy atom. The third-order valence-electron chi connectivity index (χ3n) is 1.01. The highest BCUT2D eigenvalue weighted by atomic mass is 35.5. The van der Waals surface area contributed by atoms with Crippen LogP contribution < -0.4 is 4.90 Å². The molecule has 0 spiro atoms. The molecule has 1 aromatic rings. The lowest BCUT2D eigenvalue weighted by atomic mass is 10.4. The van der Waals surface area contributed by atoms with Crippen molar-refractivity contribution in [2.75, 3.05) is 0 Å². The van der Waals surface area contributed by atoms with Crippen molar-refractivity contribution < 1.29 is 14.3 Å². The molecular formula is C4H3ClN2O3. The summed E-state index contributed by atoms with van der Waals surface area (Å²) in [5.41, 5.74) is -0.0725. The van der Waals surface area contributed by atoms with Crippen LogP contribution in [-0.2, 0) is 0 Å². The molecule has 0 N–H and O–H groups in total. The molecule has 0 radical (unpaired) electrons. The van der Waals surface area contributed by atoms with Crippen molar-refractivity contribution in [1.82, 2.24) is 5.16 Å². The Kier molecular flexibility index (Phi) is 1.58. The minimum absolute atomic E-state index is 0.0694. The quantitative estimate of drug-likeness (QED) is 0.430. The fourth-order valence-corrected chi connectivity index (χ4v) is 0.641. The Bertz CT molecular complexity index is 269. The van der Waals surface area contributed by atoms with E-state index in [0.717, 1.165) is 0 Å². The first-order valence-corrected chi connectivity index (χ1v) is 2.77. The van der Waals surface area contributed by atoms with Gasteiger partial charge in [-0.2, -0.15) is 0 Å². The van der Waals surface area contributed by atoms with E-state index in [1.807, 2.05) is 0 Å². The summed E-state index contributed by atoms with van der Waals surface area (Å²) in [6.07, 6.45) is 0. The van der Waals surface area contributed by atoms with E-state index >= 15 is 0 Å². The average Bonchev–Trinajstić information content (AvgIpc) is 2.14. The molecule has 0 aliphatic heterocycles. The monoisotopic (exact) mass is 162 g/mol. The SMILES string of the molecule is Cc1c(C(=O)Cl)no[n+]1[O-]. The predicted molar refractivity (Wildman–Crippen MR) is 30.4 cm³/mol. The molecule has 0 aromatic carbocycles. The lowest BCUT2D eigenvalue weighted by Gasteiger charge is -1.83. The minimum atomic E-state index is -0.796. The number of halogens is 1. The molecule has 1 heterocycles. The second-order valence-corrected chi connectivity index (χ2v) is 1.98. The normalized spacial score (nSPS) is 9.80. The molecule has 1 rings (SSSR count). The van der Waals surface area contributed by atoms with Crippen LogP contribution in [0.4, 0.5) is 0 Å². The average molecular weight is 163 g/mol. The van der Waals surface area contributed by atoms with Crippen LogP contribution >= 0.6 is 11.6 Å². The molecule has 0 atom stereocenters. The van der Waals surface area contributed by atoms with Crippen molar-refractivity contribution in [1.29, 1.82) is 0 Å². The molecule has 0 fully saturated rings. The topological polar surface area (TPSA) is 70.0 Å². The summed E-state index contributed by atoms with van der Waals surface area (Å²) in [6, 6.07) is 0. The van der Waals surface area contributed by atoms with Gasteiger partial charge >= 0.3 is 10.9 Å². The van der Waals surface area contributed by atoms with Crippen molar-refractivity contribution >= 4 is 16.8 Å². The molecule has 6 heteroatoms. The summed E-state index contributed by atoms with van der Waals surface area (Å²) in [5.74, 6) is 0. The molecule has 0 unspecified atom stereocenters. The Balaban J connectivity index is 3.17. The predicted octanol–water partition coefficient (Wildman–Crippen LogP) is -0.00458. The van der Waals surface area contributed by atoms with Gasteiger partial charge in [0.2, 0.25) is 5.69 Å². The van der Waals surface area contributed by atoms with Gasteiger partial charge in [0.05, 0.1) is 5.16 Å². The van der Waals surface area contributed by atoms with E-state index in [1.165, 1.54) is 6.92 Å². The van der Waals surface area contributed by atoms with Crippen LogP contribution in [-0.4, -0.2) is 10.4 Å². The van der Waals surface area contributed by atoms with Gasteiger partial charge in [-0.3, -0.25) is 9.42 Å². The molecule has 5 nitrogen and oxygen atoms in total. The first-order valence-electron chi connectivity index (χ1n) is 2.39. The Morgan fingerprint density at radius 3 is 2.70 bits per heavy atom. The third-order valence-corrected chi connectivity index (χ3v) is 1.19. The van der Waals surface area contributed by atoms with E-state index in [-0.39, 0.29) is 16.3 Å². The molecule has 1 aromatic heterocycles. The van der Waals surface area contributed by atoms with Gasteiger partial charge in [-0.1, -0.05) is 0 Å². The van der Waals surface area contributed by atoms with Gasteiger partial charge in [0, 0.05) is 6.92 Å². The first-order chi connectivity index (χ1) is 4.63. The van der Waals surface area contributed by atoms with Crippen LogP contribution in [0.5, 0.6) is 0 Å². The Labute approximate surface area is 60.7 Å². The van der Waals surface area contributed by atoms with E-state index in [9.17, 15) is 10.0 Å². The van der Waals surface area contributed by atoms with Gasteiger partial charge in [0.15, 0.2) is 0 Å². The van der Waals surface area contributed by atoms with Gasteiger partial charge in [0.1, 0.15) is 0 Å². The highest BCUT2D eigenvalue weighted by Gasteiger charge is 2.19. The zero-order chi connectivity index (χ0) is 7.72. The van der Waals surface area contributed by atoms with Crippen LogP contribution in [0, 0.1) is 12.1 Å². The summed E-state index contributed by atoms with van der Waals surface area (Å²) >= 11 is 5.01. The minimum Gasteiger partial charge on any atom is -0.359 e. The van der Waals surface area contributed by atoms with Gasteiger partial charge in [-0.25, -0.2) is 0 Å². The lowest BCUT2D eigenvalue weighted by Crippen LogP contribution is -2.26. The van der Waals surface area contributed by atoms with Gasteiger partial charge < -0.3 is 5.21 Å². The summed E-state index contributed by atoms with van der Waals surface area (Å²) < 4.78 is 4.06. The van der Waals surface area contributed by atoms with E-state index in [0.29, 0.717) is 0 Å². The largest absolute Gasteiger partial charge is 0.359 e. The van der Waals surface area contributed by atoms with Crippen molar-refractivity contribution in [2.45, 2.75) is 6.92 Å².